The van der Waals surface area contributed by atoms with Gasteiger partial charge in [0.2, 0.25) is 5.91 Å². The van der Waals surface area contributed by atoms with E-state index in [1.54, 1.807) is 4.90 Å². The minimum atomic E-state index is -0.535. The average Bonchev–Trinajstić information content (AvgIpc) is 2.40. The Kier molecular flexibility index (Phi) is 4.47. The quantitative estimate of drug-likeness (QED) is 0.839. The zero-order valence-corrected chi connectivity index (χ0v) is 12.1. The first kappa shape index (κ1) is 14.3. The molecule has 0 N–H and O–H groups in total. The van der Waals surface area contributed by atoms with Crippen molar-refractivity contribution >= 4 is 29.1 Å². The molecule has 5 nitrogen and oxygen atoms in total. The van der Waals surface area contributed by atoms with E-state index in [0.717, 1.165) is 30.5 Å². The summed E-state index contributed by atoms with van der Waals surface area (Å²) in [6, 6.07) is 0.208. The van der Waals surface area contributed by atoms with E-state index in [9.17, 15) is 9.59 Å². The van der Waals surface area contributed by atoms with Crippen LogP contribution in [0.3, 0.4) is 0 Å². The fraction of sp³-hybridized carbons (Fsp3) is 0.583. The molecule has 1 amide bonds. The first-order valence-corrected chi connectivity index (χ1v) is 6.97. The molecule has 0 aromatic carbocycles. The van der Waals surface area contributed by atoms with Gasteiger partial charge in [-0.15, -0.1) is 0 Å². The van der Waals surface area contributed by atoms with Crippen LogP contribution in [0.4, 0.5) is 0 Å². The molecule has 7 heteroatoms. The molecule has 0 bridgehead atoms. The molecule has 1 aliphatic rings. The Morgan fingerprint density at radius 3 is 2.89 bits per heavy atom. The van der Waals surface area contributed by atoms with Gasteiger partial charge in [-0.25, -0.2) is 4.68 Å². The lowest BCUT2D eigenvalue weighted by Gasteiger charge is -2.33. The molecule has 1 unspecified atom stereocenters. The second-order valence-electron chi connectivity index (χ2n) is 4.70. The smallest absolute Gasteiger partial charge is 0.287 e. The van der Waals surface area contributed by atoms with Gasteiger partial charge < -0.3 is 4.90 Å². The third kappa shape index (κ3) is 3.09. The molecule has 104 valence electrons. The summed E-state index contributed by atoms with van der Waals surface area (Å²) in [5.74, 6) is -0.111. The highest BCUT2D eigenvalue weighted by Crippen LogP contribution is 2.17. The van der Waals surface area contributed by atoms with E-state index in [4.69, 9.17) is 23.2 Å². The zero-order chi connectivity index (χ0) is 14.0. The molecule has 2 rings (SSSR count). The lowest BCUT2D eigenvalue weighted by molar-refractivity contribution is -0.135. The Bertz CT molecular complexity index is 544. The maximum Gasteiger partial charge on any atom is 0.287 e. The van der Waals surface area contributed by atoms with Gasteiger partial charge in [-0.05, 0) is 26.2 Å². The second kappa shape index (κ2) is 5.92. The molecule has 0 spiro atoms. The number of likely N-dealkylation sites (tertiary alicyclic amines) is 1. The van der Waals surface area contributed by atoms with E-state index in [2.05, 4.69) is 5.10 Å². The van der Waals surface area contributed by atoms with Gasteiger partial charge in [-0.2, -0.15) is 5.10 Å². The van der Waals surface area contributed by atoms with E-state index >= 15 is 0 Å². The van der Waals surface area contributed by atoms with E-state index in [1.807, 2.05) is 6.92 Å². The number of carbonyl (C=O) groups excluding carboxylic acids is 1. The van der Waals surface area contributed by atoms with Gasteiger partial charge in [0.1, 0.15) is 11.6 Å². The Morgan fingerprint density at radius 2 is 2.21 bits per heavy atom. The van der Waals surface area contributed by atoms with Crippen molar-refractivity contribution in [2.24, 2.45) is 0 Å². The van der Waals surface area contributed by atoms with Crippen LogP contribution >= 0.6 is 23.2 Å². The van der Waals surface area contributed by atoms with Crippen molar-refractivity contribution in [2.45, 2.75) is 38.8 Å². The number of hydrogen-bond acceptors (Lipinski definition) is 3. The summed E-state index contributed by atoms with van der Waals surface area (Å²) in [5.41, 5.74) is -0.535. The molecule has 19 heavy (non-hydrogen) atoms. The van der Waals surface area contributed by atoms with E-state index in [0.29, 0.717) is 0 Å². The summed E-state index contributed by atoms with van der Waals surface area (Å²) in [7, 11) is 0. The van der Waals surface area contributed by atoms with Gasteiger partial charge in [0.25, 0.3) is 5.56 Å². The van der Waals surface area contributed by atoms with Crippen LogP contribution in [-0.2, 0) is 11.3 Å². The van der Waals surface area contributed by atoms with Crippen molar-refractivity contribution in [1.29, 1.82) is 0 Å². The SMILES string of the molecule is CC1CCCCN1C(=O)Cn1ncc(Cl)c(Cl)c1=O. The van der Waals surface area contributed by atoms with Crippen molar-refractivity contribution in [1.82, 2.24) is 14.7 Å². The highest BCUT2D eigenvalue weighted by molar-refractivity contribution is 6.41. The fourth-order valence-electron chi connectivity index (χ4n) is 2.25. The number of halogens is 2. The standard InChI is InChI=1S/C12H15Cl2N3O2/c1-8-4-2-3-5-16(8)10(18)7-17-12(19)11(14)9(13)6-15-17/h6,8H,2-5,7H2,1H3. The van der Waals surface area contributed by atoms with Crippen LogP contribution in [0.5, 0.6) is 0 Å². The number of hydrogen-bond donors (Lipinski definition) is 0. The summed E-state index contributed by atoms with van der Waals surface area (Å²) < 4.78 is 1.05. The van der Waals surface area contributed by atoms with E-state index in [1.165, 1.54) is 6.20 Å². The maximum absolute atomic E-state index is 12.2. The molecular weight excluding hydrogens is 289 g/mol. The van der Waals surface area contributed by atoms with Crippen LogP contribution in [0.2, 0.25) is 10.0 Å². The molecular formula is C12H15Cl2N3O2. The number of aromatic nitrogens is 2. The Balaban J connectivity index is 2.15. The van der Waals surface area contributed by atoms with Crippen LogP contribution in [0, 0.1) is 0 Å². The van der Waals surface area contributed by atoms with E-state index < -0.39 is 5.56 Å². The fourth-order valence-corrected chi connectivity index (χ4v) is 2.52. The minimum Gasteiger partial charge on any atom is -0.338 e. The van der Waals surface area contributed by atoms with Crippen molar-refractivity contribution < 1.29 is 4.79 Å². The van der Waals surface area contributed by atoms with Crippen LogP contribution in [0.15, 0.2) is 11.0 Å². The van der Waals surface area contributed by atoms with Crippen LogP contribution < -0.4 is 5.56 Å². The zero-order valence-electron chi connectivity index (χ0n) is 10.6. The Hall–Kier alpha value is -1.07. The minimum absolute atomic E-state index is 0.0972. The summed E-state index contributed by atoms with van der Waals surface area (Å²) >= 11 is 11.4. The van der Waals surface area contributed by atoms with E-state index in [-0.39, 0.29) is 28.5 Å². The summed E-state index contributed by atoms with van der Waals surface area (Å²) in [4.78, 5) is 25.8. The number of amides is 1. The lowest BCUT2D eigenvalue weighted by Crippen LogP contribution is -2.45. The number of piperidine rings is 1. The topological polar surface area (TPSA) is 55.2 Å². The van der Waals surface area contributed by atoms with Crippen molar-refractivity contribution in [2.75, 3.05) is 6.54 Å². The summed E-state index contributed by atoms with van der Waals surface area (Å²) in [5, 5.41) is 3.84. The normalized spacial score (nSPS) is 19.5. The predicted octanol–water partition coefficient (Wildman–Crippen LogP) is 1.95. The van der Waals surface area contributed by atoms with Gasteiger partial charge in [0, 0.05) is 12.6 Å². The number of carbonyl (C=O) groups is 1. The monoisotopic (exact) mass is 303 g/mol. The van der Waals surface area contributed by atoms with Gasteiger partial charge in [0.15, 0.2) is 0 Å². The summed E-state index contributed by atoms with van der Waals surface area (Å²) in [6.45, 7) is 2.65. The third-order valence-electron chi connectivity index (χ3n) is 3.35. The molecule has 2 heterocycles. The van der Waals surface area contributed by atoms with Crippen LogP contribution in [-0.4, -0.2) is 33.2 Å². The Labute approximate surface area is 121 Å². The van der Waals surface area contributed by atoms with Crippen LogP contribution in [0.25, 0.3) is 0 Å². The molecule has 1 fully saturated rings. The van der Waals surface area contributed by atoms with Gasteiger partial charge >= 0.3 is 0 Å². The number of rotatable bonds is 2. The molecule has 0 saturated carbocycles. The first-order valence-electron chi connectivity index (χ1n) is 6.21. The van der Waals surface area contributed by atoms with Gasteiger partial charge in [-0.3, -0.25) is 9.59 Å². The highest BCUT2D eigenvalue weighted by atomic mass is 35.5. The lowest BCUT2D eigenvalue weighted by atomic mass is 10.0. The molecule has 1 aliphatic heterocycles. The molecule has 1 aromatic heterocycles. The first-order chi connectivity index (χ1) is 9.00. The molecule has 1 atom stereocenters. The third-order valence-corrected chi connectivity index (χ3v) is 4.10. The molecule has 0 aliphatic carbocycles. The predicted molar refractivity (Wildman–Crippen MR) is 73.5 cm³/mol. The molecule has 0 radical (unpaired) electrons. The summed E-state index contributed by atoms with van der Waals surface area (Å²) in [6.07, 6.45) is 4.41. The van der Waals surface area contributed by atoms with Crippen molar-refractivity contribution in [3.8, 4) is 0 Å². The van der Waals surface area contributed by atoms with Crippen LogP contribution in [0.1, 0.15) is 26.2 Å². The number of nitrogens with zero attached hydrogens (tertiary/aromatic N) is 3. The highest BCUT2D eigenvalue weighted by Gasteiger charge is 2.24. The second-order valence-corrected chi connectivity index (χ2v) is 5.49. The Morgan fingerprint density at radius 1 is 1.47 bits per heavy atom. The average molecular weight is 304 g/mol. The maximum atomic E-state index is 12.2. The van der Waals surface area contributed by atoms with Gasteiger partial charge in [0.05, 0.1) is 11.2 Å². The van der Waals surface area contributed by atoms with Crippen molar-refractivity contribution in [3.63, 3.8) is 0 Å². The van der Waals surface area contributed by atoms with Gasteiger partial charge in [-0.1, -0.05) is 23.2 Å². The largest absolute Gasteiger partial charge is 0.338 e. The van der Waals surface area contributed by atoms with Crippen molar-refractivity contribution in [3.05, 3.63) is 26.6 Å². The molecule has 1 saturated heterocycles. The molecule has 1 aromatic rings.